The first-order valence-electron chi connectivity index (χ1n) is 6.04. The SMILES string of the molecule is COc1ccc(C(=O)O)c(NC(=O)CNC2CC2)c1. The third-order valence-corrected chi connectivity index (χ3v) is 2.86. The van der Waals surface area contributed by atoms with Gasteiger partial charge >= 0.3 is 5.97 Å². The Kier molecular flexibility index (Phi) is 4.01. The second-order valence-corrected chi connectivity index (χ2v) is 4.42. The zero-order chi connectivity index (χ0) is 13.8. The summed E-state index contributed by atoms with van der Waals surface area (Å²) in [7, 11) is 1.48. The minimum Gasteiger partial charge on any atom is -0.497 e. The van der Waals surface area contributed by atoms with Crippen LogP contribution < -0.4 is 15.4 Å². The Hall–Kier alpha value is -2.08. The van der Waals surface area contributed by atoms with Gasteiger partial charge in [-0.15, -0.1) is 0 Å². The van der Waals surface area contributed by atoms with E-state index in [1.54, 1.807) is 6.07 Å². The number of hydrogen-bond acceptors (Lipinski definition) is 4. The summed E-state index contributed by atoms with van der Waals surface area (Å²) in [5, 5.41) is 14.7. The van der Waals surface area contributed by atoms with E-state index in [9.17, 15) is 9.59 Å². The van der Waals surface area contributed by atoms with Crippen LogP contribution in [0.1, 0.15) is 23.2 Å². The van der Waals surface area contributed by atoms with Crippen LogP contribution in [-0.4, -0.2) is 36.7 Å². The molecule has 1 aliphatic carbocycles. The fourth-order valence-corrected chi connectivity index (χ4v) is 1.66. The molecule has 19 heavy (non-hydrogen) atoms. The number of anilines is 1. The quantitative estimate of drug-likeness (QED) is 0.715. The van der Waals surface area contributed by atoms with E-state index in [0.29, 0.717) is 11.8 Å². The number of carboxylic acids is 1. The maximum Gasteiger partial charge on any atom is 0.337 e. The highest BCUT2D eigenvalue weighted by atomic mass is 16.5. The average molecular weight is 264 g/mol. The number of ether oxygens (including phenoxy) is 1. The summed E-state index contributed by atoms with van der Waals surface area (Å²) >= 11 is 0. The van der Waals surface area contributed by atoms with Crippen LogP contribution in [-0.2, 0) is 4.79 Å². The largest absolute Gasteiger partial charge is 0.497 e. The highest BCUT2D eigenvalue weighted by Gasteiger charge is 2.21. The topological polar surface area (TPSA) is 87.7 Å². The van der Waals surface area contributed by atoms with Crippen molar-refractivity contribution in [2.45, 2.75) is 18.9 Å². The molecule has 1 aliphatic rings. The number of amides is 1. The zero-order valence-corrected chi connectivity index (χ0v) is 10.6. The number of aromatic carboxylic acids is 1. The molecular formula is C13H16N2O4. The van der Waals surface area contributed by atoms with Gasteiger partial charge in [0.1, 0.15) is 5.75 Å². The van der Waals surface area contributed by atoms with Crippen molar-refractivity contribution in [1.29, 1.82) is 0 Å². The molecule has 6 nitrogen and oxygen atoms in total. The lowest BCUT2D eigenvalue weighted by molar-refractivity contribution is -0.115. The summed E-state index contributed by atoms with van der Waals surface area (Å²) < 4.78 is 5.02. The van der Waals surface area contributed by atoms with Gasteiger partial charge < -0.3 is 20.5 Å². The molecule has 0 aromatic heterocycles. The highest BCUT2D eigenvalue weighted by Crippen LogP contribution is 2.23. The number of nitrogens with one attached hydrogen (secondary N) is 2. The first-order valence-corrected chi connectivity index (χ1v) is 6.04. The van der Waals surface area contributed by atoms with Gasteiger partial charge in [0.15, 0.2) is 0 Å². The van der Waals surface area contributed by atoms with E-state index < -0.39 is 5.97 Å². The Morgan fingerprint density at radius 1 is 1.42 bits per heavy atom. The van der Waals surface area contributed by atoms with Crippen LogP contribution in [0.5, 0.6) is 5.75 Å². The molecule has 0 saturated heterocycles. The number of benzene rings is 1. The third-order valence-electron chi connectivity index (χ3n) is 2.86. The summed E-state index contributed by atoms with van der Waals surface area (Å²) in [5.41, 5.74) is 0.287. The van der Waals surface area contributed by atoms with E-state index in [1.807, 2.05) is 0 Å². The smallest absolute Gasteiger partial charge is 0.337 e. The van der Waals surface area contributed by atoms with E-state index in [0.717, 1.165) is 12.8 Å². The first kappa shape index (κ1) is 13.4. The van der Waals surface area contributed by atoms with E-state index in [2.05, 4.69) is 10.6 Å². The van der Waals surface area contributed by atoms with E-state index in [-0.39, 0.29) is 23.7 Å². The number of carbonyl (C=O) groups is 2. The van der Waals surface area contributed by atoms with Gasteiger partial charge in [0.25, 0.3) is 0 Å². The summed E-state index contributed by atoms with van der Waals surface area (Å²) in [6.07, 6.45) is 2.18. The predicted molar refractivity (Wildman–Crippen MR) is 69.6 cm³/mol. The maximum absolute atomic E-state index is 11.7. The fraction of sp³-hybridized carbons (Fsp3) is 0.385. The minimum atomic E-state index is -1.09. The Bertz CT molecular complexity index is 497. The van der Waals surface area contributed by atoms with Crippen molar-refractivity contribution in [3.8, 4) is 5.75 Å². The second-order valence-electron chi connectivity index (χ2n) is 4.42. The Morgan fingerprint density at radius 3 is 2.74 bits per heavy atom. The highest BCUT2D eigenvalue weighted by molar-refractivity contribution is 6.01. The third kappa shape index (κ3) is 3.69. The van der Waals surface area contributed by atoms with Crippen molar-refractivity contribution in [2.75, 3.05) is 19.0 Å². The molecule has 3 N–H and O–H groups in total. The lowest BCUT2D eigenvalue weighted by atomic mass is 10.1. The van der Waals surface area contributed by atoms with Crippen LogP contribution in [0.2, 0.25) is 0 Å². The van der Waals surface area contributed by atoms with Crippen molar-refractivity contribution in [3.05, 3.63) is 23.8 Å². The molecule has 0 bridgehead atoms. The maximum atomic E-state index is 11.7. The standard InChI is InChI=1S/C13H16N2O4/c1-19-9-4-5-10(13(17)18)11(6-9)15-12(16)7-14-8-2-3-8/h4-6,8,14H,2-3,7H2,1H3,(H,15,16)(H,17,18). The van der Waals surface area contributed by atoms with Gasteiger partial charge in [-0.2, -0.15) is 0 Å². The van der Waals surface area contributed by atoms with Gasteiger partial charge in [-0.3, -0.25) is 4.79 Å². The Labute approximate surface area is 110 Å². The van der Waals surface area contributed by atoms with Crippen molar-refractivity contribution in [2.24, 2.45) is 0 Å². The summed E-state index contributed by atoms with van der Waals surface area (Å²) in [5.74, 6) is -0.855. The van der Waals surface area contributed by atoms with Gasteiger partial charge in [-0.05, 0) is 25.0 Å². The molecule has 0 spiro atoms. The molecule has 0 radical (unpaired) electrons. The molecular weight excluding hydrogens is 248 g/mol. The number of carboxylic acid groups (broad SMARTS) is 1. The predicted octanol–water partition coefficient (Wildman–Crippen LogP) is 1.08. The van der Waals surface area contributed by atoms with Gasteiger partial charge in [0.05, 0.1) is 24.9 Å². The Morgan fingerprint density at radius 2 is 2.16 bits per heavy atom. The van der Waals surface area contributed by atoms with Crippen molar-refractivity contribution < 1.29 is 19.4 Å². The number of hydrogen-bond donors (Lipinski definition) is 3. The number of carbonyl (C=O) groups excluding carboxylic acids is 1. The molecule has 1 fully saturated rings. The molecule has 0 atom stereocenters. The van der Waals surface area contributed by atoms with Crippen LogP contribution in [0.4, 0.5) is 5.69 Å². The minimum absolute atomic E-state index is 0.0422. The van der Waals surface area contributed by atoms with E-state index in [1.165, 1.54) is 19.2 Å². The van der Waals surface area contributed by atoms with Gasteiger partial charge in [0, 0.05) is 12.1 Å². The van der Waals surface area contributed by atoms with Crippen LogP contribution in [0.25, 0.3) is 0 Å². The van der Waals surface area contributed by atoms with Crippen LogP contribution >= 0.6 is 0 Å². The molecule has 1 aromatic carbocycles. The van der Waals surface area contributed by atoms with Crippen LogP contribution in [0, 0.1) is 0 Å². The van der Waals surface area contributed by atoms with Crippen LogP contribution in [0.3, 0.4) is 0 Å². The zero-order valence-electron chi connectivity index (χ0n) is 10.6. The van der Waals surface area contributed by atoms with Gasteiger partial charge in [-0.25, -0.2) is 4.79 Å². The summed E-state index contributed by atoms with van der Waals surface area (Å²) in [6, 6.07) is 4.88. The molecule has 2 rings (SSSR count). The monoisotopic (exact) mass is 264 g/mol. The van der Waals surface area contributed by atoms with Crippen LogP contribution in [0.15, 0.2) is 18.2 Å². The molecule has 1 amide bonds. The fourth-order valence-electron chi connectivity index (χ4n) is 1.66. The molecule has 0 aliphatic heterocycles. The molecule has 102 valence electrons. The molecule has 6 heteroatoms. The normalized spacial score (nSPS) is 13.9. The van der Waals surface area contributed by atoms with Gasteiger partial charge in [-0.1, -0.05) is 0 Å². The molecule has 0 heterocycles. The van der Waals surface area contributed by atoms with Crippen molar-refractivity contribution in [1.82, 2.24) is 5.32 Å². The molecule has 0 unspecified atom stereocenters. The lowest BCUT2D eigenvalue weighted by Gasteiger charge is -2.10. The lowest BCUT2D eigenvalue weighted by Crippen LogP contribution is -2.30. The first-order chi connectivity index (χ1) is 9.10. The number of methoxy groups -OCH3 is 1. The molecule has 1 saturated carbocycles. The average Bonchev–Trinajstić information content (AvgIpc) is 3.20. The van der Waals surface area contributed by atoms with E-state index >= 15 is 0 Å². The van der Waals surface area contributed by atoms with Gasteiger partial charge in [0.2, 0.25) is 5.91 Å². The summed E-state index contributed by atoms with van der Waals surface area (Å²) in [6.45, 7) is 0.181. The molecule has 1 aromatic rings. The summed E-state index contributed by atoms with van der Waals surface area (Å²) in [4.78, 5) is 22.8. The van der Waals surface area contributed by atoms with E-state index in [4.69, 9.17) is 9.84 Å². The van der Waals surface area contributed by atoms with Crippen molar-refractivity contribution in [3.63, 3.8) is 0 Å². The number of rotatable bonds is 6. The second kappa shape index (κ2) is 5.71. The van der Waals surface area contributed by atoms with Crippen molar-refractivity contribution >= 4 is 17.6 Å². The Balaban J connectivity index is 2.06.